The van der Waals surface area contributed by atoms with E-state index in [2.05, 4.69) is 37.4 Å². The van der Waals surface area contributed by atoms with E-state index in [1.54, 1.807) is 24.7 Å². The Kier molecular flexibility index (Phi) is 5.93. The molecule has 5 aromatic heterocycles. The Morgan fingerprint density at radius 2 is 2.03 bits per heavy atom. The lowest BCUT2D eigenvalue weighted by Crippen LogP contribution is -2.11. The largest absolute Gasteiger partial charge is 0.337 e. The van der Waals surface area contributed by atoms with Crippen molar-refractivity contribution in [3.8, 4) is 33.2 Å². The molecule has 37 heavy (non-hydrogen) atoms. The number of para-hydroxylation sites is 1. The highest BCUT2D eigenvalue weighted by Gasteiger charge is 2.17. The molecule has 0 fully saturated rings. The number of H-pyrrole nitrogens is 2. The standard InChI is InChI=1S/C27H22FN7OS/c1-2-3-7-24(36)31-16-10-15(12-29-13-16)20-11-18-21(14-30-20)34-35-26(18)27-32-19-6-4-5-17(25(19)33-27)22-8-9-23(28)37-22/h4-6,8-14H,2-3,7H2,1H3,(H,31,36)(H,32,33)(H,34,35). The Hall–Kier alpha value is -4.44. The first kappa shape index (κ1) is 23.0. The summed E-state index contributed by atoms with van der Waals surface area (Å²) in [7, 11) is 0. The Balaban J connectivity index is 1.37. The van der Waals surface area contributed by atoms with Crippen molar-refractivity contribution in [2.45, 2.75) is 26.2 Å². The maximum absolute atomic E-state index is 13.7. The number of hydrogen-bond acceptors (Lipinski definition) is 6. The van der Waals surface area contributed by atoms with E-state index < -0.39 is 0 Å². The van der Waals surface area contributed by atoms with Gasteiger partial charge in [-0.25, -0.2) is 4.98 Å². The molecule has 0 saturated carbocycles. The van der Waals surface area contributed by atoms with E-state index >= 15 is 0 Å². The predicted octanol–water partition coefficient (Wildman–Crippen LogP) is 6.56. The maximum atomic E-state index is 13.7. The summed E-state index contributed by atoms with van der Waals surface area (Å²) in [6, 6.07) is 12.8. The first-order chi connectivity index (χ1) is 18.1. The number of thiophene rings is 1. The molecule has 1 amide bonds. The molecule has 0 unspecified atom stereocenters. The van der Waals surface area contributed by atoms with E-state index in [1.807, 2.05) is 30.3 Å². The molecule has 0 aliphatic carbocycles. The van der Waals surface area contributed by atoms with Gasteiger partial charge in [-0.15, -0.1) is 11.3 Å². The van der Waals surface area contributed by atoms with E-state index in [4.69, 9.17) is 4.98 Å². The number of rotatable bonds is 7. The van der Waals surface area contributed by atoms with E-state index in [0.29, 0.717) is 29.3 Å². The van der Waals surface area contributed by atoms with E-state index in [0.717, 1.165) is 62.1 Å². The second-order valence-corrected chi connectivity index (χ2v) is 9.73. The second kappa shape index (κ2) is 9.55. The molecule has 0 atom stereocenters. The van der Waals surface area contributed by atoms with E-state index in [-0.39, 0.29) is 11.0 Å². The van der Waals surface area contributed by atoms with Crippen LogP contribution in [0.5, 0.6) is 0 Å². The molecule has 1 aromatic carbocycles. The van der Waals surface area contributed by atoms with Crippen molar-refractivity contribution in [3.63, 3.8) is 0 Å². The van der Waals surface area contributed by atoms with Gasteiger partial charge in [0.05, 0.1) is 40.3 Å². The third-order valence-electron chi connectivity index (χ3n) is 6.10. The average molecular weight is 512 g/mol. The molecule has 10 heteroatoms. The molecule has 0 aliphatic heterocycles. The average Bonchev–Trinajstić information content (AvgIpc) is 3.64. The summed E-state index contributed by atoms with van der Waals surface area (Å²) in [5, 5.41) is 11.0. The first-order valence-corrected chi connectivity index (χ1v) is 12.7. The molecule has 0 radical (unpaired) electrons. The van der Waals surface area contributed by atoms with Crippen LogP contribution in [0.15, 0.2) is 61.1 Å². The maximum Gasteiger partial charge on any atom is 0.224 e. The summed E-state index contributed by atoms with van der Waals surface area (Å²) < 4.78 is 13.7. The molecule has 8 nitrogen and oxygen atoms in total. The van der Waals surface area contributed by atoms with Gasteiger partial charge >= 0.3 is 0 Å². The normalized spacial score (nSPS) is 11.4. The van der Waals surface area contributed by atoms with Crippen molar-refractivity contribution >= 4 is 44.9 Å². The van der Waals surface area contributed by atoms with Crippen molar-refractivity contribution in [3.05, 3.63) is 66.2 Å². The van der Waals surface area contributed by atoms with E-state index in [9.17, 15) is 9.18 Å². The third-order valence-corrected chi connectivity index (χ3v) is 7.01. The van der Waals surface area contributed by atoms with Crippen LogP contribution in [0, 0.1) is 5.13 Å². The van der Waals surface area contributed by atoms with Gasteiger partial charge in [0, 0.05) is 34.0 Å². The number of fused-ring (bicyclic) bond motifs is 2. The molecule has 5 heterocycles. The minimum absolute atomic E-state index is 0.0316. The molecule has 3 N–H and O–H groups in total. The minimum atomic E-state index is -0.236. The Morgan fingerprint density at radius 1 is 1.11 bits per heavy atom. The topological polar surface area (TPSA) is 112 Å². The number of nitrogens with one attached hydrogen (secondary N) is 3. The fourth-order valence-electron chi connectivity index (χ4n) is 4.27. The van der Waals surface area contributed by atoms with Gasteiger partial charge in [-0.1, -0.05) is 25.5 Å². The van der Waals surface area contributed by atoms with Gasteiger partial charge in [-0.2, -0.15) is 9.49 Å². The number of nitrogens with zero attached hydrogens (tertiary/aromatic N) is 4. The van der Waals surface area contributed by atoms with Crippen LogP contribution in [0.4, 0.5) is 10.1 Å². The van der Waals surface area contributed by atoms with Crippen LogP contribution in [0.25, 0.3) is 55.2 Å². The summed E-state index contributed by atoms with van der Waals surface area (Å²) in [6.07, 6.45) is 7.33. The van der Waals surface area contributed by atoms with Crippen molar-refractivity contribution in [1.82, 2.24) is 30.1 Å². The summed E-state index contributed by atoms with van der Waals surface area (Å²) in [5.74, 6) is 0.564. The lowest BCUT2D eigenvalue weighted by molar-refractivity contribution is -0.116. The predicted molar refractivity (Wildman–Crippen MR) is 144 cm³/mol. The summed E-state index contributed by atoms with van der Waals surface area (Å²) in [6.45, 7) is 2.05. The van der Waals surface area contributed by atoms with Crippen LogP contribution in [0.1, 0.15) is 26.2 Å². The van der Waals surface area contributed by atoms with Gasteiger partial charge in [0.25, 0.3) is 0 Å². The van der Waals surface area contributed by atoms with Crippen molar-refractivity contribution in [1.29, 1.82) is 0 Å². The van der Waals surface area contributed by atoms with Gasteiger partial charge in [0.15, 0.2) is 11.0 Å². The van der Waals surface area contributed by atoms with Crippen molar-refractivity contribution < 1.29 is 9.18 Å². The Labute approximate surface area is 215 Å². The monoisotopic (exact) mass is 511 g/mol. The number of amides is 1. The van der Waals surface area contributed by atoms with Gasteiger partial charge in [0.2, 0.25) is 5.91 Å². The minimum Gasteiger partial charge on any atom is -0.337 e. The number of benzene rings is 1. The van der Waals surface area contributed by atoms with Crippen LogP contribution in [0.2, 0.25) is 0 Å². The molecular formula is C27H22FN7OS. The van der Waals surface area contributed by atoms with Gasteiger partial charge < -0.3 is 10.3 Å². The number of halogens is 1. The molecular weight excluding hydrogens is 489 g/mol. The fourth-order valence-corrected chi connectivity index (χ4v) is 5.02. The summed E-state index contributed by atoms with van der Waals surface area (Å²) in [5.41, 5.74) is 5.95. The highest BCUT2D eigenvalue weighted by Crippen LogP contribution is 2.35. The van der Waals surface area contributed by atoms with Crippen molar-refractivity contribution in [2.24, 2.45) is 0 Å². The van der Waals surface area contributed by atoms with Crippen LogP contribution >= 0.6 is 11.3 Å². The number of pyridine rings is 2. The molecule has 0 spiro atoms. The number of unbranched alkanes of at least 4 members (excludes halogenated alkanes) is 1. The van der Waals surface area contributed by atoms with Crippen LogP contribution in [-0.4, -0.2) is 36.0 Å². The zero-order valence-corrected chi connectivity index (χ0v) is 20.7. The molecule has 0 saturated heterocycles. The number of aromatic nitrogens is 6. The number of hydrogen-bond donors (Lipinski definition) is 3. The molecule has 6 rings (SSSR count). The lowest BCUT2D eigenvalue weighted by Gasteiger charge is -2.07. The zero-order valence-electron chi connectivity index (χ0n) is 19.9. The van der Waals surface area contributed by atoms with Gasteiger partial charge in [-0.05, 0) is 36.8 Å². The number of imidazole rings is 1. The second-order valence-electron chi connectivity index (χ2n) is 8.69. The molecule has 6 aromatic rings. The SMILES string of the molecule is CCCCC(=O)Nc1cncc(-c2cc3c(-c4nc5c(-c6ccc(F)s6)cccc5[nH]4)n[nH]c3cn2)c1. The quantitative estimate of drug-likeness (QED) is 0.225. The number of aromatic amines is 2. The lowest BCUT2D eigenvalue weighted by atomic mass is 10.1. The third kappa shape index (κ3) is 4.47. The fraction of sp³-hybridized carbons (Fsp3) is 0.148. The molecule has 184 valence electrons. The van der Waals surface area contributed by atoms with Crippen LogP contribution in [0.3, 0.4) is 0 Å². The van der Waals surface area contributed by atoms with Crippen LogP contribution in [-0.2, 0) is 4.79 Å². The number of anilines is 1. The van der Waals surface area contributed by atoms with Gasteiger partial charge in [-0.3, -0.25) is 19.9 Å². The number of carbonyl (C=O) groups excluding carboxylic acids is 1. The Morgan fingerprint density at radius 3 is 2.86 bits per heavy atom. The molecule has 0 aliphatic rings. The summed E-state index contributed by atoms with van der Waals surface area (Å²) >= 11 is 1.09. The highest BCUT2D eigenvalue weighted by molar-refractivity contribution is 7.14. The zero-order chi connectivity index (χ0) is 25.4. The van der Waals surface area contributed by atoms with Gasteiger partial charge in [0.1, 0.15) is 5.69 Å². The number of carbonyl (C=O) groups is 1. The summed E-state index contributed by atoms with van der Waals surface area (Å²) in [4.78, 5) is 30.0. The van der Waals surface area contributed by atoms with E-state index in [1.165, 1.54) is 6.07 Å². The first-order valence-electron chi connectivity index (χ1n) is 11.9. The van der Waals surface area contributed by atoms with Crippen LogP contribution < -0.4 is 5.32 Å². The van der Waals surface area contributed by atoms with Crippen molar-refractivity contribution in [2.75, 3.05) is 5.32 Å². The smallest absolute Gasteiger partial charge is 0.224 e. The highest BCUT2D eigenvalue weighted by atomic mass is 32.1. The molecule has 0 bridgehead atoms. The Bertz CT molecular complexity index is 1750.